The van der Waals surface area contributed by atoms with Crippen molar-refractivity contribution in [3.05, 3.63) is 54.5 Å². The number of hydrogen-bond donors (Lipinski definition) is 1. The molecule has 0 spiro atoms. The molecule has 86 valence electrons. The predicted octanol–water partition coefficient (Wildman–Crippen LogP) is 2.40. The van der Waals surface area contributed by atoms with Gasteiger partial charge in [-0.2, -0.15) is 5.10 Å². The van der Waals surface area contributed by atoms with Crippen LogP contribution in [0.4, 0.5) is 4.79 Å². The zero-order valence-corrected chi connectivity index (χ0v) is 8.87. The monoisotopic (exact) mass is 230 g/mol. The largest absolute Gasteiger partial charge is 0.463 e. The fourth-order valence-corrected chi connectivity index (χ4v) is 1.13. The zero-order valence-electron chi connectivity index (χ0n) is 8.87. The van der Waals surface area contributed by atoms with E-state index in [0.717, 1.165) is 0 Å². The highest BCUT2D eigenvalue weighted by Crippen LogP contribution is 2.07. The first-order valence-electron chi connectivity index (χ1n) is 4.94. The van der Waals surface area contributed by atoms with E-state index in [0.29, 0.717) is 11.5 Å². The van der Waals surface area contributed by atoms with Crippen molar-refractivity contribution in [3.63, 3.8) is 0 Å². The summed E-state index contributed by atoms with van der Waals surface area (Å²) < 4.78 is 9.93. The molecule has 0 atom stereocenters. The van der Waals surface area contributed by atoms with Gasteiger partial charge in [0.15, 0.2) is 0 Å². The molecule has 0 saturated carbocycles. The molecule has 0 fully saturated rings. The summed E-state index contributed by atoms with van der Waals surface area (Å²) in [5.74, 6) is 1.00. The Balaban J connectivity index is 1.82. The van der Waals surface area contributed by atoms with Crippen LogP contribution in [0.5, 0.6) is 5.75 Å². The molecule has 0 bridgehead atoms. The second-order valence-electron chi connectivity index (χ2n) is 3.09. The lowest BCUT2D eigenvalue weighted by atomic mass is 10.3. The van der Waals surface area contributed by atoms with Crippen LogP contribution in [0.2, 0.25) is 0 Å². The van der Waals surface area contributed by atoms with E-state index < -0.39 is 6.09 Å². The molecule has 1 aromatic heterocycles. The topological polar surface area (TPSA) is 63.8 Å². The minimum Gasteiger partial charge on any atom is -0.463 e. The minimum atomic E-state index is -0.654. The quantitative estimate of drug-likeness (QED) is 0.650. The van der Waals surface area contributed by atoms with Gasteiger partial charge in [0.2, 0.25) is 0 Å². The van der Waals surface area contributed by atoms with Gasteiger partial charge in [0, 0.05) is 0 Å². The number of rotatable bonds is 3. The summed E-state index contributed by atoms with van der Waals surface area (Å²) in [5, 5.41) is 3.67. The lowest BCUT2D eigenvalue weighted by Gasteiger charge is -2.01. The van der Waals surface area contributed by atoms with Gasteiger partial charge in [-0.15, -0.1) is 0 Å². The Bertz CT molecular complexity index is 492. The van der Waals surface area contributed by atoms with E-state index in [9.17, 15) is 4.79 Å². The van der Waals surface area contributed by atoms with Gasteiger partial charge in [-0.1, -0.05) is 18.2 Å². The number of hydrogen-bond acceptors (Lipinski definition) is 4. The molecule has 0 saturated heterocycles. The summed E-state index contributed by atoms with van der Waals surface area (Å²) in [6.45, 7) is 0. The molecular weight excluding hydrogens is 220 g/mol. The van der Waals surface area contributed by atoms with E-state index in [1.807, 2.05) is 6.07 Å². The van der Waals surface area contributed by atoms with E-state index in [2.05, 4.69) is 10.5 Å². The maximum atomic E-state index is 11.3. The Morgan fingerprint density at radius 2 is 2.06 bits per heavy atom. The van der Waals surface area contributed by atoms with Crippen molar-refractivity contribution in [1.29, 1.82) is 0 Å². The fourth-order valence-electron chi connectivity index (χ4n) is 1.13. The van der Waals surface area contributed by atoms with Crippen LogP contribution in [-0.4, -0.2) is 12.3 Å². The standard InChI is InChI=1S/C12H10N2O3/c15-12(17-10-5-2-1-3-6-10)14-13-9-11-7-4-8-16-11/h1-9H,(H,14,15). The molecule has 17 heavy (non-hydrogen) atoms. The van der Waals surface area contributed by atoms with Crippen molar-refractivity contribution >= 4 is 12.3 Å². The lowest BCUT2D eigenvalue weighted by molar-refractivity contribution is 0.201. The summed E-state index contributed by atoms with van der Waals surface area (Å²) in [6, 6.07) is 12.2. The molecule has 0 aliphatic rings. The molecule has 0 unspecified atom stereocenters. The van der Waals surface area contributed by atoms with Crippen LogP contribution in [0.3, 0.4) is 0 Å². The van der Waals surface area contributed by atoms with Gasteiger partial charge in [0.1, 0.15) is 11.5 Å². The summed E-state index contributed by atoms with van der Waals surface area (Å²) in [5.41, 5.74) is 2.22. The Morgan fingerprint density at radius 3 is 2.76 bits per heavy atom. The molecule has 1 N–H and O–H groups in total. The van der Waals surface area contributed by atoms with Crippen molar-refractivity contribution in [2.45, 2.75) is 0 Å². The van der Waals surface area contributed by atoms with Crippen LogP contribution in [-0.2, 0) is 0 Å². The normalized spacial score (nSPS) is 10.4. The Kier molecular flexibility index (Phi) is 3.54. The number of ether oxygens (including phenoxy) is 1. The highest BCUT2D eigenvalue weighted by Gasteiger charge is 2.00. The average Bonchev–Trinajstić information content (AvgIpc) is 2.83. The van der Waals surface area contributed by atoms with Crippen LogP contribution in [0.15, 0.2) is 58.2 Å². The third kappa shape index (κ3) is 3.49. The molecule has 5 heteroatoms. The Morgan fingerprint density at radius 1 is 1.24 bits per heavy atom. The van der Waals surface area contributed by atoms with Crippen molar-refractivity contribution in [2.75, 3.05) is 0 Å². The van der Waals surface area contributed by atoms with Crippen LogP contribution in [0.1, 0.15) is 5.76 Å². The number of nitrogens with zero attached hydrogens (tertiary/aromatic N) is 1. The van der Waals surface area contributed by atoms with E-state index >= 15 is 0 Å². The molecular formula is C12H10N2O3. The Labute approximate surface area is 97.7 Å². The summed E-state index contributed by atoms with van der Waals surface area (Å²) in [7, 11) is 0. The summed E-state index contributed by atoms with van der Waals surface area (Å²) in [4.78, 5) is 11.3. The number of carbonyl (C=O) groups is 1. The first-order chi connectivity index (χ1) is 8.34. The van der Waals surface area contributed by atoms with Crippen LogP contribution >= 0.6 is 0 Å². The van der Waals surface area contributed by atoms with Crippen LogP contribution in [0.25, 0.3) is 0 Å². The van der Waals surface area contributed by atoms with Gasteiger partial charge >= 0.3 is 6.09 Å². The second-order valence-corrected chi connectivity index (χ2v) is 3.09. The summed E-state index contributed by atoms with van der Waals surface area (Å²) in [6.07, 6.45) is 2.25. The SMILES string of the molecule is O=C(NN=Cc1ccco1)Oc1ccccc1. The number of hydrazone groups is 1. The van der Waals surface area contributed by atoms with Crippen molar-refractivity contribution < 1.29 is 13.9 Å². The molecule has 0 radical (unpaired) electrons. The number of nitrogens with one attached hydrogen (secondary N) is 1. The Hall–Kier alpha value is -2.56. The van der Waals surface area contributed by atoms with E-state index in [1.165, 1.54) is 12.5 Å². The third-order valence-electron chi connectivity index (χ3n) is 1.84. The van der Waals surface area contributed by atoms with Gasteiger partial charge in [0.05, 0.1) is 12.5 Å². The lowest BCUT2D eigenvalue weighted by Crippen LogP contribution is -2.21. The van der Waals surface area contributed by atoms with Crippen molar-refractivity contribution in [1.82, 2.24) is 5.43 Å². The van der Waals surface area contributed by atoms with Crippen LogP contribution in [0, 0.1) is 0 Å². The fraction of sp³-hybridized carbons (Fsp3) is 0. The number of furan rings is 1. The molecule has 1 aromatic carbocycles. The number of carbonyl (C=O) groups excluding carboxylic acids is 1. The number of amides is 1. The van der Waals surface area contributed by atoms with E-state index in [4.69, 9.17) is 9.15 Å². The minimum absolute atomic E-state index is 0.457. The molecule has 1 heterocycles. The first kappa shape index (κ1) is 10.9. The van der Waals surface area contributed by atoms with Crippen LogP contribution < -0.4 is 10.2 Å². The number of para-hydroxylation sites is 1. The molecule has 2 aromatic rings. The van der Waals surface area contributed by atoms with Crippen molar-refractivity contribution in [2.24, 2.45) is 5.10 Å². The van der Waals surface area contributed by atoms with E-state index in [-0.39, 0.29) is 0 Å². The molecule has 2 rings (SSSR count). The van der Waals surface area contributed by atoms with Gasteiger partial charge in [0.25, 0.3) is 0 Å². The predicted molar refractivity (Wildman–Crippen MR) is 61.9 cm³/mol. The van der Waals surface area contributed by atoms with Gasteiger partial charge < -0.3 is 9.15 Å². The van der Waals surface area contributed by atoms with Crippen molar-refractivity contribution in [3.8, 4) is 5.75 Å². The average molecular weight is 230 g/mol. The maximum Gasteiger partial charge on any atom is 0.433 e. The zero-order chi connectivity index (χ0) is 11.9. The second kappa shape index (κ2) is 5.50. The maximum absolute atomic E-state index is 11.3. The van der Waals surface area contributed by atoms with E-state index in [1.54, 1.807) is 36.4 Å². The highest BCUT2D eigenvalue weighted by molar-refractivity contribution is 5.78. The van der Waals surface area contributed by atoms with Gasteiger partial charge in [-0.05, 0) is 24.3 Å². The highest BCUT2D eigenvalue weighted by atomic mass is 16.6. The molecule has 5 nitrogen and oxygen atoms in total. The first-order valence-corrected chi connectivity index (χ1v) is 4.94. The summed E-state index contributed by atoms with van der Waals surface area (Å²) >= 11 is 0. The third-order valence-corrected chi connectivity index (χ3v) is 1.84. The van der Waals surface area contributed by atoms with Gasteiger partial charge in [-0.25, -0.2) is 10.2 Å². The molecule has 0 aliphatic carbocycles. The van der Waals surface area contributed by atoms with Gasteiger partial charge in [-0.3, -0.25) is 0 Å². The smallest absolute Gasteiger partial charge is 0.433 e. The number of benzene rings is 1. The molecule has 1 amide bonds. The molecule has 0 aliphatic heterocycles.